The molecule has 29 heavy (non-hydrogen) atoms. The van der Waals surface area contributed by atoms with Crippen molar-refractivity contribution in [2.75, 3.05) is 5.32 Å². The summed E-state index contributed by atoms with van der Waals surface area (Å²) < 4.78 is 2.76. The third kappa shape index (κ3) is 4.08. The number of nitrogens with zero attached hydrogens (tertiary/aromatic N) is 6. The van der Waals surface area contributed by atoms with Crippen molar-refractivity contribution >= 4 is 34.0 Å². The zero-order chi connectivity index (χ0) is 20.2. The molecule has 0 aliphatic carbocycles. The summed E-state index contributed by atoms with van der Waals surface area (Å²) in [6.45, 7) is -0.147. The van der Waals surface area contributed by atoms with E-state index in [0.29, 0.717) is 22.4 Å². The molecular weight excluding hydrogens is 370 g/mol. The van der Waals surface area contributed by atoms with Crippen LogP contribution in [0, 0.1) is 0 Å². The van der Waals surface area contributed by atoms with Crippen molar-refractivity contribution in [2.24, 2.45) is 17.3 Å². The molecule has 0 bridgehead atoms. The van der Waals surface area contributed by atoms with Crippen molar-refractivity contribution in [1.29, 1.82) is 0 Å². The van der Waals surface area contributed by atoms with Crippen LogP contribution in [0.2, 0.25) is 0 Å². The zero-order valence-electron chi connectivity index (χ0n) is 15.6. The molecule has 4 rings (SSSR count). The van der Waals surface area contributed by atoms with Gasteiger partial charge in [-0.3, -0.25) is 18.8 Å². The van der Waals surface area contributed by atoms with Crippen molar-refractivity contribution in [3.8, 4) is 0 Å². The predicted octanol–water partition coefficient (Wildman–Crippen LogP) is 3.18. The molecule has 0 saturated heterocycles. The summed E-state index contributed by atoms with van der Waals surface area (Å²) in [5.41, 5.74) is 2.18. The highest BCUT2D eigenvalue weighted by molar-refractivity contribution is 5.90. The van der Waals surface area contributed by atoms with E-state index in [1.807, 2.05) is 30.3 Å². The highest BCUT2D eigenvalue weighted by Crippen LogP contribution is 2.20. The molecule has 0 radical (unpaired) electrons. The van der Waals surface area contributed by atoms with E-state index in [9.17, 15) is 9.59 Å². The van der Waals surface area contributed by atoms with Gasteiger partial charge in [0.1, 0.15) is 18.3 Å². The molecule has 0 aliphatic rings. The Hall–Kier alpha value is -4.14. The number of hydrogen-bond acceptors (Lipinski definition) is 6. The van der Waals surface area contributed by atoms with Crippen LogP contribution in [0.3, 0.4) is 0 Å². The van der Waals surface area contributed by atoms with Crippen molar-refractivity contribution < 1.29 is 4.79 Å². The van der Waals surface area contributed by atoms with E-state index < -0.39 is 0 Å². The lowest BCUT2D eigenvalue weighted by atomic mass is 10.3. The Morgan fingerprint density at radius 3 is 2.45 bits per heavy atom. The maximum atomic E-state index is 12.4. The van der Waals surface area contributed by atoms with E-state index in [1.165, 1.54) is 21.8 Å². The number of nitrogens with one attached hydrogen (secondary N) is 1. The van der Waals surface area contributed by atoms with Crippen molar-refractivity contribution in [1.82, 2.24) is 19.3 Å². The fourth-order valence-corrected chi connectivity index (χ4v) is 2.76. The van der Waals surface area contributed by atoms with E-state index in [4.69, 9.17) is 0 Å². The lowest BCUT2D eigenvalue weighted by Gasteiger charge is -2.07. The molecular formula is C20H17N7O2. The van der Waals surface area contributed by atoms with E-state index in [2.05, 4.69) is 25.6 Å². The smallest absolute Gasteiger partial charge is 0.264 e. The quantitative estimate of drug-likeness (QED) is 0.531. The number of carbonyl (C=O) groups is 1. The van der Waals surface area contributed by atoms with Crippen LogP contribution in [0.15, 0.2) is 82.1 Å². The maximum Gasteiger partial charge on any atom is 0.264 e. The number of rotatable bonds is 5. The van der Waals surface area contributed by atoms with Crippen LogP contribution in [-0.4, -0.2) is 25.2 Å². The Bertz CT molecular complexity index is 1240. The summed E-state index contributed by atoms with van der Waals surface area (Å²) >= 11 is 0. The largest absolute Gasteiger partial charge is 0.325 e. The molecule has 2 aromatic heterocycles. The van der Waals surface area contributed by atoms with E-state index in [-0.39, 0.29) is 18.0 Å². The second-order valence-electron chi connectivity index (χ2n) is 6.31. The van der Waals surface area contributed by atoms with Crippen molar-refractivity contribution in [3.63, 3.8) is 0 Å². The fourth-order valence-electron chi connectivity index (χ4n) is 2.76. The van der Waals surface area contributed by atoms with Crippen molar-refractivity contribution in [3.05, 3.63) is 77.5 Å². The number of hydrogen-bond donors (Lipinski definition) is 1. The van der Waals surface area contributed by atoms with Gasteiger partial charge in [-0.15, -0.1) is 0 Å². The van der Waals surface area contributed by atoms with Crippen LogP contribution in [0.1, 0.15) is 0 Å². The number of benzene rings is 2. The van der Waals surface area contributed by atoms with E-state index in [1.54, 1.807) is 31.3 Å². The SMILES string of the molecule is Cn1ncc2c(=O)n(CC(=O)Nc3ccc(N=Nc4ccccc4)cc3)cnc21. The van der Waals surface area contributed by atoms with Gasteiger partial charge in [0.25, 0.3) is 5.56 Å². The minimum absolute atomic E-state index is 0.147. The van der Waals surface area contributed by atoms with Gasteiger partial charge in [0.05, 0.1) is 17.6 Å². The average molecular weight is 387 g/mol. The van der Waals surface area contributed by atoms with Crippen LogP contribution in [-0.2, 0) is 18.4 Å². The molecule has 0 unspecified atom stereocenters. The van der Waals surface area contributed by atoms with Crippen molar-refractivity contribution in [2.45, 2.75) is 6.54 Å². The van der Waals surface area contributed by atoms with Gasteiger partial charge in [0.15, 0.2) is 5.65 Å². The van der Waals surface area contributed by atoms with Crippen LogP contribution in [0.4, 0.5) is 17.1 Å². The molecule has 1 amide bonds. The number of amides is 1. The summed E-state index contributed by atoms with van der Waals surface area (Å²) in [6.07, 6.45) is 2.79. The first-order valence-corrected chi connectivity index (χ1v) is 8.84. The summed E-state index contributed by atoms with van der Waals surface area (Å²) in [6, 6.07) is 16.4. The van der Waals surface area contributed by atoms with Gasteiger partial charge in [0.2, 0.25) is 5.91 Å². The fraction of sp³-hybridized carbons (Fsp3) is 0.100. The summed E-state index contributed by atoms with van der Waals surface area (Å²) in [5, 5.41) is 15.4. The third-order valence-electron chi connectivity index (χ3n) is 4.22. The van der Waals surface area contributed by atoms with Gasteiger partial charge in [0, 0.05) is 12.7 Å². The molecule has 0 spiro atoms. The number of fused-ring (bicyclic) bond motifs is 1. The first kappa shape index (κ1) is 18.2. The van der Waals surface area contributed by atoms with Gasteiger partial charge < -0.3 is 5.32 Å². The lowest BCUT2D eigenvalue weighted by molar-refractivity contribution is -0.116. The first-order valence-electron chi connectivity index (χ1n) is 8.84. The van der Waals surface area contributed by atoms with E-state index >= 15 is 0 Å². The number of carbonyl (C=O) groups excluding carboxylic acids is 1. The molecule has 1 N–H and O–H groups in total. The molecule has 9 heteroatoms. The van der Waals surface area contributed by atoms with Gasteiger partial charge >= 0.3 is 0 Å². The molecule has 0 aliphatic heterocycles. The Morgan fingerprint density at radius 2 is 1.72 bits per heavy atom. The monoisotopic (exact) mass is 387 g/mol. The van der Waals surface area contributed by atoms with Gasteiger partial charge in [-0.25, -0.2) is 4.98 Å². The molecule has 4 aromatic rings. The second kappa shape index (κ2) is 7.85. The Balaban J connectivity index is 1.42. The van der Waals surface area contributed by atoms with E-state index in [0.717, 1.165) is 5.69 Å². The zero-order valence-corrected chi connectivity index (χ0v) is 15.6. The minimum atomic E-state index is -0.337. The first-order chi connectivity index (χ1) is 14.1. The third-order valence-corrected chi connectivity index (χ3v) is 4.22. The maximum absolute atomic E-state index is 12.4. The second-order valence-corrected chi connectivity index (χ2v) is 6.31. The van der Waals surface area contributed by atoms with Gasteiger partial charge in [-0.1, -0.05) is 18.2 Å². The van der Waals surface area contributed by atoms with Crippen LogP contribution < -0.4 is 10.9 Å². The Kier molecular flexibility index (Phi) is 4.93. The molecule has 2 heterocycles. The summed E-state index contributed by atoms with van der Waals surface area (Å²) in [4.78, 5) is 28.9. The Morgan fingerprint density at radius 1 is 1.03 bits per heavy atom. The minimum Gasteiger partial charge on any atom is -0.325 e. The van der Waals surface area contributed by atoms with Gasteiger partial charge in [-0.2, -0.15) is 15.3 Å². The molecule has 144 valence electrons. The molecule has 0 fully saturated rings. The topological polar surface area (TPSA) is 107 Å². The van der Waals surface area contributed by atoms with Crippen LogP contribution in [0.25, 0.3) is 11.0 Å². The number of azo groups is 1. The summed E-state index contributed by atoms with van der Waals surface area (Å²) in [5.74, 6) is -0.337. The van der Waals surface area contributed by atoms with Crippen LogP contribution >= 0.6 is 0 Å². The van der Waals surface area contributed by atoms with Crippen LogP contribution in [0.5, 0.6) is 0 Å². The average Bonchev–Trinajstić information content (AvgIpc) is 3.12. The molecule has 0 saturated carbocycles. The molecule has 0 atom stereocenters. The number of aromatic nitrogens is 4. The number of anilines is 1. The lowest BCUT2D eigenvalue weighted by Crippen LogP contribution is -2.27. The standard InChI is InChI=1S/C20H17N7O2/c1-26-19-17(11-22-26)20(29)27(13-21-19)12-18(28)23-14-7-9-16(10-8-14)25-24-15-5-3-2-4-6-15/h2-11,13H,12H2,1H3,(H,23,28). The van der Waals surface area contributed by atoms with Gasteiger partial charge in [-0.05, 0) is 36.4 Å². The molecule has 2 aromatic carbocycles. The number of aryl methyl sites for hydroxylation is 1. The molecule has 9 nitrogen and oxygen atoms in total. The Labute approximate surface area is 165 Å². The highest BCUT2D eigenvalue weighted by Gasteiger charge is 2.11. The predicted molar refractivity (Wildman–Crippen MR) is 108 cm³/mol. The highest BCUT2D eigenvalue weighted by atomic mass is 16.2. The summed E-state index contributed by atoms with van der Waals surface area (Å²) in [7, 11) is 1.70. The normalized spacial score (nSPS) is 11.2.